The number of ketones is 2. The normalized spacial score (nSPS) is 14.6. The molecule has 362 valence electrons. The molecule has 0 N–H and O–H groups in total. The quantitative estimate of drug-likeness (QED) is 0.0937. The standard InChI is InChI=1S/C61H54O8.2CH4/c1-60(2,3)69-51-35-33-50(34-36-51)68-49-31-21-44(22-32-49)59(63)57-55(42-19-29-48(66-8)30-20-42)53(41-17-27-47(65-7)28-18-41)52(40-15-25-46(64-6)26-16-40)54-39-11-9-38(10-12-39)37-67-61(4,5)45-23-13-43(14-24-45)58(62)56(54)57;;/h9,11,13,15-23,25-36H,14,24,37H2,1-8H3;2*1H4. The van der Waals surface area contributed by atoms with Crippen LogP contribution in [0.1, 0.15) is 94.2 Å². The summed E-state index contributed by atoms with van der Waals surface area (Å²) >= 11 is 0. The van der Waals surface area contributed by atoms with Crippen molar-refractivity contribution in [2.24, 2.45) is 0 Å². The molecule has 0 amide bonds. The molecule has 6 aromatic carbocycles. The van der Waals surface area contributed by atoms with E-state index in [9.17, 15) is 0 Å². The Morgan fingerprint density at radius 3 is 1.51 bits per heavy atom. The number of carbonyl (C=O) groups excluding carboxylic acids is 2. The van der Waals surface area contributed by atoms with Crippen molar-refractivity contribution < 1.29 is 38.0 Å². The second-order valence-electron chi connectivity index (χ2n) is 18.6. The average Bonchev–Trinajstić information content (AvgIpc) is 3.37. The summed E-state index contributed by atoms with van der Waals surface area (Å²) in [6, 6.07) is 37.7. The molecule has 0 spiro atoms. The van der Waals surface area contributed by atoms with Crippen LogP contribution < -0.4 is 23.7 Å². The Balaban J connectivity index is 0.00000371. The maximum atomic E-state index is 16.1. The first-order chi connectivity index (χ1) is 33.2. The summed E-state index contributed by atoms with van der Waals surface area (Å²) in [5.74, 6) is 3.24. The number of benzene rings is 6. The van der Waals surface area contributed by atoms with Gasteiger partial charge in [0.1, 0.15) is 40.1 Å². The summed E-state index contributed by atoms with van der Waals surface area (Å²) in [7, 11) is 4.88. The molecule has 0 unspecified atom stereocenters. The molecule has 6 aromatic rings. The Bertz CT molecular complexity index is 3160. The van der Waals surface area contributed by atoms with E-state index in [1.165, 1.54) is 0 Å². The van der Waals surface area contributed by atoms with Gasteiger partial charge in [-0.3, -0.25) is 9.59 Å². The van der Waals surface area contributed by atoms with E-state index in [0.717, 1.165) is 39.1 Å². The maximum Gasteiger partial charge on any atom is 0.194 e. The molecule has 0 radical (unpaired) electrons. The van der Waals surface area contributed by atoms with Crippen LogP contribution in [0.4, 0.5) is 0 Å². The predicted octanol–water partition coefficient (Wildman–Crippen LogP) is 15.5. The van der Waals surface area contributed by atoms with Gasteiger partial charge in [0.2, 0.25) is 0 Å². The molecule has 0 saturated carbocycles. The van der Waals surface area contributed by atoms with Crippen LogP contribution in [0.15, 0.2) is 174 Å². The minimum absolute atomic E-state index is 0. The molecule has 2 aliphatic carbocycles. The first-order valence-corrected chi connectivity index (χ1v) is 23.0. The topological polar surface area (TPSA) is 89.5 Å². The van der Waals surface area contributed by atoms with Crippen molar-refractivity contribution in [2.75, 3.05) is 27.9 Å². The van der Waals surface area contributed by atoms with Gasteiger partial charge in [0.15, 0.2) is 11.6 Å². The minimum atomic E-state index is -0.600. The molecule has 8 heteroatoms. The summed E-state index contributed by atoms with van der Waals surface area (Å²) in [4.78, 5) is 32.2. The fraction of sp³-hybridized carbons (Fsp3) is 0.238. The van der Waals surface area contributed by atoms with Gasteiger partial charge < -0.3 is 28.4 Å². The molecule has 0 saturated heterocycles. The lowest BCUT2D eigenvalue weighted by Crippen LogP contribution is -2.29. The number of hydrogen-bond donors (Lipinski definition) is 0. The lowest BCUT2D eigenvalue weighted by atomic mass is 9.73. The Kier molecular flexibility index (Phi) is 15.1. The molecule has 71 heavy (non-hydrogen) atoms. The van der Waals surface area contributed by atoms with Crippen molar-refractivity contribution >= 4 is 17.1 Å². The van der Waals surface area contributed by atoms with Crippen molar-refractivity contribution in [2.45, 2.75) is 73.5 Å². The second kappa shape index (κ2) is 21.0. The highest BCUT2D eigenvalue weighted by Crippen LogP contribution is 2.51. The van der Waals surface area contributed by atoms with Gasteiger partial charge in [0, 0.05) is 44.5 Å². The fourth-order valence-electron chi connectivity index (χ4n) is 8.98. The Morgan fingerprint density at radius 2 is 1.04 bits per heavy atom. The third-order valence-corrected chi connectivity index (χ3v) is 12.6. The lowest BCUT2D eigenvalue weighted by molar-refractivity contribution is 0.0238. The zero-order chi connectivity index (χ0) is 48.5. The van der Waals surface area contributed by atoms with Crippen LogP contribution in [0, 0.1) is 0 Å². The molecule has 4 aliphatic heterocycles. The summed E-state index contributed by atoms with van der Waals surface area (Å²) in [5, 5.41) is 0. The number of Topliss-reactive ketones (excluding diaryl/α,β-unsaturated/α-hetero) is 1. The van der Waals surface area contributed by atoms with Crippen molar-refractivity contribution in [1.82, 2.24) is 0 Å². The summed E-state index contributed by atoms with van der Waals surface area (Å²) in [5.41, 5.74) is 14.7. The molecule has 4 bridgehead atoms. The van der Waals surface area contributed by atoms with E-state index >= 15 is 9.59 Å². The van der Waals surface area contributed by atoms with E-state index in [4.69, 9.17) is 28.4 Å². The lowest BCUT2D eigenvalue weighted by Gasteiger charge is -2.32. The molecule has 0 aromatic heterocycles. The SMILES string of the molecule is C.C.COc1ccc(-c2c(C(=O)c3ccc(Oc4ccc(OC(C)(C)C)cc4)cc3)c3c(c(-c4ccc(OC)cc4)c2-c2ccc(OC)cc2)C2=C=C=C(C=C2)COC(C)(C)C2=CC=C(CC2)C3=O)cc1. The highest BCUT2D eigenvalue weighted by atomic mass is 16.5. The van der Waals surface area contributed by atoms with Crippen LogP contribution >= 0.6 is 0 Å². The van der Waals surface area contributed by atoms with Gasteiger partial charge in [-0.15, -0.1) is 0 Å². The molecular weight excluding hydrogens is 885 g/mol. The molecule has 0 fully saturated rings. The van der Waals surface area contributed by atoms with Crippen molar-refractivity contribution in [1.29, 1.82) is 0 Å². The van der Waals surface area contributed by atoms with Crippen LogP contribution in [-0.2, 0) is 4.74 Å². The van der Waals surface area contributed by atoms with Crippen LogP contribution in [0.25, 0.3) is 39.0 Å². The minimum Gasteiger partial charge on any atom is -0.497 e. The fourth-order valence-corrected chi connectivity index (χ4v) is 8.98. The van der Waals surface area contributed by atoms with Crippen molar-refractivity contribution in [3.8, 4) is 67.9 Å². The smallest absolute Gasteiger partial charge is 0.194 e. The number of methoxy groups -OCH3 is 3. The molecule has 6 aliphatic rings. The van der Waals surface area contributed by atoms with Gasteiger partial charge in [-0.05, 0) is 178 Å². The monoisotopic (exact) mass is 946 g/mol. The van der Waals surface area contributed by atoms with Gasteiger partial charge in [0.05, 0.1) is 33.5 Å². The van der Waals surface area contributed by atoms with Crippen LogP contribution in [0.3, 0.4) is 0 Å². The van der Waals surface area contributed by atoms with Crippen LogP contribution in [-0.4, -0.2) is 50.7 Å². The number of ether oxygens (including phenoxy) is 6. The first-order valence-electron chi connectivity index (χ1n) is 23.0. The Labute approximate surface area is 418 Å². The van der Waals surface area contributed by atoms with Gasteiger partial charge in [-0.25, -0.2) is 0 Å². The summed E-state index contributed by atoms with van der Waals surface area (Å²) < 4.78 is 35.8. The van der Waals surface area contributed by atoms with E-state index in [-0.39, 0.29) is 43.1 Å². The van der Waals surface area contributed by atoms with E-state index in [0.29, 0.717) is 81.6 Å². The van der Waals surface area contributed by atoms with E-state index in [1.54, 1.807) is 45.6 Å². The Morgan fingerprint density at radius 1 is 0.563 bits per heavy atom. The summed E-state index contributed by atoms with van der Waals surface area (Å²) in [6.07, 6.45) is 8.87. The average molecular weight is 947 g/mol. The highest BCUT2D eigenvalue weighted by Gasteiger charge is 2.37. The van der Waals surface area contributed by atoms with Gasteiger partial charge in [-0.1, -0.05) is 74.9 Å². The zero-order valence-electron chi connectivity index (χ0n) is 40.2. The van der Waals surface area contributed by atoms with Gasteiger partial charge >= 0.3 is 0 Å². The number of allylic oxidation sites excluding steroid dienone is 5. The van der Waals surface area contributed by atoms with Gasteiger partial charge in [-0.2, -0.15) is 0 Å². The van der Waals surface area contributed by atoms with Gasteiger partial charge in [0.25, 0.3) is 0 Å². The number of hydrogen-bond acceptors (Lipinski definition) is 8. The van der Waals surface area contributed by atoms with Crippen molar-refractivity contribution in [3.63, 3.8) is 0 Å². The van der Waals surface area contributed by atoms with E-state index < -0.39 is 5.60 Å². The first kappa shape index (κ1) is 51.0. The van der Waals surface area contributed by atoms with E-state index in [2.05, 4.69) is 11.5 Å². The van der Waals surface area contributed by atoms with Crippen LogP contribution in [0.5, 0.6) is 34.5 Å². The Hall–Kier alpha value is -7.86. The highest BCUT2D eigenvalue weighted by molar-refractivity contribution is 6.27. The van der Waals surface area contributed by atoms with E-state index in [1.807, 2.05) is 156 Å². The van der Waals surface area contributed by atoms with Crippen molar-refractivity contribution in [3.05, 3.63) is 196 Å². The zero-order valence-corrected chi connectivity index (χ0v) is 40.2. The maximum absolute atomic E-state index is 16.1. The molecule has 4 heterocycles. The number of rotatable bonds is 11. The molecule has 12 rings (SSSR count). The predicted molar refractivity (Wildman–Crippen MR) is 285 cm³/mol. The summed E-state index contributed by atoms with van der Waals surface area (Å²) in [6.45, 7) is 10.4. The number of carbonyl (C=O) groups is 2. The largest absolute Gasteiger partial charge is 0.497 e. The third kappa shape index (κ3) is 10.7. The molecular formula is C63H62O8. The van der Waals surface area contributed by atoms with Crippen LogP contribution in [0.2, 0.25) is 0 Å². The third-order valence-electron chi connectivity index (χ3n) is 12.6. The molecule has 8 nitrogen and oxygen atoms in total. The molecule has 0 atom stereocenters. The second-order valence-corrected chi connectivity index (χ2v) is 18.6.